The number of carbonyl (C=O) groups excluding carboxylic acids is 1. The van der Waals surface area contributed by atoms with Gasteiger partial charge in [0.05, 0.1) is 16.6 Å². The predicted molar refractivity (Wildman–Crippen MR) is 115 cm³/mol. The topological polar surface area (TPSA) is 92.1 Å². The highest BCUT2D eigenvalue weighted by molar-refractivity contribution is 7.22. The van der Waals surface area contributed by atoms with Gasteiger partial charge in [-0.25, -0.2) is 14.5 Å². The SMILES string of the molecule is Cc1nc2cc(=O)[nH]n2c(C)c1CC(=O)Nc1nc2c(ccc3ccccc32)s1. The fraction of sp³-hybridized carbons (Fsp3) is 0.143. The van der Waals surface area contributed by atoms with Crippen molar-refractivity contribution in [1.82, 2.24) is 19.6 Å². The molecule has 2 aromatic carbocycles. The number of rotatable bonds is 3. The molecule has 5 rings (SSSR count). The molecule has 3 aromatic heterocycles. The Hall–Kier alpha value is -3.52. The number of H-pyrrole nitrogens is 1. The van der Waals surface area contributed by atoms with Gasteiger partial charge in [0, 0.05) is 28.4 Å². The maximum Gasteiger partial charge on any atom is 0.266 e. The van der Waals surface area contributed by atoms with Crippen LogP contribution in [-0.4, -0.2) is 25.5 Å². The fourth-order valence-corrected chi connectivity index (χ4v) is 4.55. The van der Waals surface area contributed by atoms with Crippen molar-refractivity contribution in [3.63, 3.8) is 0 Å². The average molecular weight is 403 g/mol. The van der Waals surface area contributed by atoms with Crippen molar-refractivity contribution < 1.29 is 4.79 Å². The summed E-state index contributed by atoms with van der Waals surface area (Å²) in [5.74, 6) is -0.171. The second-order valence-corrected chi connectivity index (χ2v) is 7.98. The van der Waals surface area contributed by atoms with Gasteiger partial charge in [0.15, 0.2) is 10.8 Å². The summed E-state index contributed by atoms with van der Waals surface area (Å²) >= 11 is 1.45. The van der Waals surface area contributed by atoms with E-state index >= 15 is 0 Å². The number of nitrogens with one attached hydrogen (secondary N) is 2. The van der Waals surface area contributed by atoms with Crippen molar-refractivity contribution in [2.45, 2.75) is 20.3 Å². The number of hydrogen-bond donors (Lipinski definition) is 2. The summed E-state index contributed by atoms with van der Waals surface area (Å²) in [4.78, 5) is 33.4. The maximum absolute atomic E-state index is 12.7. The molecule has 0 spiro atoms. The maximum atomic E-state index is 12.7. The van der Waals surface area contributed by atoms with Crippen LogP contribution in [-0.2, 0) is 11.2 Å². The quantitative estimate of drug-likeness (QED) is 0.482. The van der Waals surface area contributed by atoms with Crippen molar-refractivity contribution >= 4 is 49.0 Å². The van der Waals surface area contributed by atoms with Gasteiger partial charge in [-0.1, -0.05) is 41.7 Å². The molecule has 3 heterocycles. The van der Waals surface area contributed by atoms with E-state index in [0.29, 0.717) is 10.8 Å². The molecule has 0 radical (unpaired) electrons. The highest BCUT2D eigenvalue weighted by Gasteiger charge is 2.16. The van der Waals surface area contributed by atoms with Crippen LogP contribution < -0.4 is 10.9 Å². The van der Waals surface area contributed by atoms with Gasteiger partial charge in [0.1, 0.15) is 0 Å². The molecule has 5 aromatic rings. The number of amides is 1. The van der Waals surface area contributed by atoms with Crippen LogP contribution in [0.3, 0.4) is 0 Å². The van der Waals surface area contributed by atoms with Crippen molar-refractivity contribution in [3.05, 3.63) is 69.8 Å². The first-order valence-corrected chi connectivity index (χ1v) is 9.97. The summed E-state index contributed by atoms with van der Waals surface area (Å²) < 4.78 is 2.64. The number of aromatic nitrogens is 4. The zero-order valence-corrected chi connectivity index (χ0v) is 16.6. The van der Waals surface area contributed by atoms with Crippen molar-refractivity contribution in [1.29, 1.82) is 0 Å². The van der Waals surface area contributed by atoms with E-state index in [1.54, 1.807) is 4.52 Å². The van der Waals surface area contributed by atoms with Crippen LogP contribution in [0, 0.1) is 13.8 Å². The van der Waals surface area contributed by atoms with Gasteiger partial charge in [0.25, 0.3) is 5.56 Å². The number of benzene rings is 2. The molecule has 0 saturated carbocycles. The van der Waals surface area contributed by atoms with E-state index in [2.05, 4.69) is 26.4 Å². The van der Waals surface area contributed by atoms with E-state index in [1.807, 2.05) is 44.2 Å². The molecule has 0 unspecified atom stereocenters. The Morgan fingerprint density at radius 1 is 1.17 bits per heavy atom. The molecule has 2 N–H and O–H groups in total. The Kier molecular flexibility index (Phi) is 3.95. The molecule has 0 atom stereocenters. The summed E-state index contributed by atoms with van der Waals surface area (Å²) in [5.41, 5.74) is 3.53. The van der Waals surface area contributed by atoms with Gasteiger partial charge < -0.3 is 5.32 Å². The van der Waals surface area contributed by atoms with Crippen LogP contribution >= 0.6 is 11.3 Å². The molecule has 144 valence electrons. The Morgan fingerprint density at radius 3 is 2.86 bits per heavy atom. The molecule has 1 amide bonds. The number of aromatic amines is 1. The summed E-state index contributed by atoms with van der Waals surface area (Å²) in [7, 11) is 0. The molecular weight excluding hydrogens is 386 g/mol. The Labute approximate surface area is 169 Å². The Balaban J connectivity index is 1.46. The number of fused-ring (bicyclic) bond motifs is 4. The van der Waals surface area contributed by atoms with E-state index in [0.717, 1.165) is 37.9 Å². The third kappa shape index (κ3) is 2.98. The van der Waals surface area contributed by atoms with Crippen LogP contribution in [0.25, 0.3) is 26.6 Å². The van der Waals surface area contributed by atoms with Crippen LogP contribution in [0.1, 0.15) is 17.0 Å². The predicted octanol–water partition coefficient (Wildman–Crippen LogP) is 3.58. The molecule has 0 aliphatic rings. The zero-order valence-electron chi connectivity index (χ0n) is 15.8. The number of hydrogen-bond acceptors (Lipinski definition) is 5. The molecule has 29 heavy (non-hydrogen) atoms. The Morgan fingerprint density at radius 2 is 2.00 bits per heavy atom. The minimum Gasteiger partial charge on any atom is -0.302 e. The second kappa shape index (κ2) is 6.52. The van der Waals surface area contributed by atoms with Gasteiger partial charge in [-0.2, -0.15) is 0 Å². The summed E-state index contributed by atoms with van der Waals surface area (Å²) in [6.07, 6.45) is 0.150. The fourth-order valence-electron chi connectivity index (χ4n) is 3.65. The molecular formula is C21H17N5O2S. The molecule has 0 saturated heterocycles. The molecule has 8 heteroatoms. The average Bonchev–Trinajstić information content (AvgIpc) is 3.27. The molecule has 0 bridgehead atoms. The lowest BCUT2D eigenvalue weighted by atomic mass is 10.1. The molecule has 0 aliphatic carbocycles. The number of nitrogens with zero attached hydrogens (tertiary/aromatic N) is 3. The first-order valence-electron chi connectivity index (χ1n) is 9.15. The Bertz CT molecular complexity index is 1480. The number of thiazole rings is 1. The lowest BCUT2D eigenvalue weighted by molar-refractivity contribution is -0.115. The lowest BCUT2D eigenvalue weighted by Crippen LogP contribution is -2.17. The highest BCUT2D eigenvalue weighted by atomic mass is 32.1. The minimum absolute atomic E-state index is 0.150. The molecule has 0 fully saturated rings. The van der Waals surface area contributed by atoms with Gasteiger partial charge in [-0.05, 0) is 25.3 Å². The van der Waals surface area contributed by atoms with E-state index < -0.39 is 0 Å². The molecule has 0 aliphatic heterocycles. The smallest absolute Gasteiger partial charge is 0.266 e. The van der Waals surface area contributed by atoms with Gasteiger partial charge in [-0.3, -0.25) is 14.7 Å². The van der Waals surface area contributed by atoms with Crippen molar-refractivity contribution in [2.24, 2.45) is 0 Å². The van der Waals surface area contributed by atoms with E-state index in [-0.39, 0.29) is 17.9 Å². The summed E-state index contributed by atoms with van der Waals surface area (Å²) in [6.45, 7) is 3.71. The van der Waals surface area contributed by atoms with Gasteiger partial charge >= 0.3 is 0 Å². The minimum atomic E-state index is -0.219. The lowest BCUT2D eigenvalue weighted by Gasteiger charge is -2.10. The third-order valence-corrected chi connectivity index (χ3v) is 6.01. The standard InChI is InChI=1S/C21H17N5O2S/c1-11-15(12(2)26-17(22-11)10-19(28)25-26)9-18(27)23-21-24-20-14-6-4-3-5-13(14)7-8-16(20)29-21/h3-8,10H,9H2,1-2H3,(H,25,28)(H,23,24,27). The van der Waals surface area contributed by atoms with E-state index in [9.17, 15) is 9.59 Å². The monoisotopic (exact) mass is 403 g/mol. The number of carbonyl (C=O) groups is 1. The largest absolute Gasteiger partial charge is 0.302 e. The van der Waals surface area contributed by atoms with Crippen molar-refractivity contribution in [3.8, 4) is 0 Å². The second-order valence-electron chi connectivity index (χ2n) is 6.95. The first kappa shape index (κ1) is 17.6. The highest BCUT2D eigenvalue weighted by Crippen LogP contribution is 2.31. The van der Waals surface area contributed by atoms with Crippen LogP contribution in [0.2, 0.25) is 0 Å². The van der Waals surface area contributed by atoms with Gasteiger partial charge in [0.2, 0.25) is 5.91 Å². The third-order valence-electron chi connectivity index (χ3n) is 5.07. The normalized spacial score (nSPS) is 11.5. The summed E-state index contributed by atoms with van der Waals surface area (Å²) in [5, 5.41) is 8.38. The van der Waals surface area contributed by atoms with Crippen LogP contribution in [0.5, 0.6) is 0 Å². The van der Waals surface area contributed by atoms with Crippen LogP contribution in [0.15, 0.2) is 47.3 Å². The van der Waals surface area contributed by atoms with Crippen molar-refractivity contribution in [2.75, 3.05) is 5.32 Å². The number of anilines is 1. The molecule has 7 nitrogen and oxygen atoms in total. The first-order chi connectivity index (χ1) is 14.0. The summed E-state index contributed by atoms with van der Waals surface area (Å²) in [6, 6.07) is 13.6. The number of aryl methyl sites for hydroxylation is 2. The van der Waals surface area contributed by atoms with Gasteiger partial charge in [-0.15, -0.1) is 0 Å². The zero-order chi connectivity index (χ0) is 20.1. The van der Waals surface area contributed by atoms with E-state index in [1.165, 1.54) is 17.4 Å². The van der Waals surface area contributed by atoms with Crippen LogP contribution in [0.4, 0.5) is 5.13 Å². The van der Waals surface area contributed by atoms with E-state index in [4.69, 9.17) is 0 Å².